The summed E-state index contributed by atoms with van der Waals surface area (Å²) >= 11 is 1.44. The third-order valence-corrected chi connectivity index (χ3v) is 4.37. The number of rotatable bonds is 9. The van der Waals surface area contributed by atoms with Gasteiger partial charge in [0.05, 0.1) is 5.75 Å². The largest absolute Gasteiger partial charge is 0.385 e. The Morgan fingerprint density at radius 2 is 1.79 bits per heavy atom. The fourth-order valence-electron chi connectivity index (χ4n) is 2.10. The van der Waals surface area contributed by atoms with Crippen molar-refractivity contribution >= 4 is 23.5 Å². The van der Waals surface area contributed by atoms with Crippen molar-refractivity contribution in [3.05, 3.63) is 65.7 Å². The second kappa shape index (κ2) is 9.90. The number of amides is 1. The zero-order valence-corrected chi connectivity index (χ0v) is 14.5. The first kappa shape index (κ1) is 18.2. The molecule has 0 aromatic heterocycles. The molecule has 5 heteroatoms. The lowest BCUT2D eigenvalue weighted by atomic mass is 10.2. The first-order valence-corrected chi connectivity index (χ1v) is 8.77. The second-order valence-electron chi connectivity index (χ2n) is 5.21. The number of carbonyl (C=O) groups excluding carboxylic acids is 2. The van der Waals surface area contributed by atoms with E-state index in [1.165, 1.54) is 11.8 Å². The van der Waals surface area contributed by atoms with Crippen LogP contribution in [0.25, 0.3) is 0 Å². The van der Waals surface area contributed by atoms with Gasteiger partial charge < -0.3 is 10.1 Å². The first-order chi connectivity index (χ1) is 11.7. The molecule has 0 saturated heterocycles. The molecule has 0 aliphatic carbocycles. The molecule has 0 radical (unpaired) electrons. The molecule has 0 aliphatic rings. The van der Waals surface area contributed by atoms with E-state index in [0.29, 0.717) is 30.0 Å². The van der Waals surface area contributed by atoms with Crippen molar-refractivity contribution in [1.29, 1.82) is 0 Å². The second-order valence-corrected chi connectivity index (χ2v) is 6.26. The summed E-state index contributed by atoms with van der Waals surface area (Å²) in [5, 5.41) is 2.86. The summed E-state index contributed by atoms with van der Waals surface area (Å²) in [5.41, 5.74) is 1.31. The lowest BCUT2D eigenvalue weighted by Crippen LogP contribution is -2.25. The number of thioether (sulfide) groups is 1. The molecule has 1 N–H and O–H groups in total. The van der Waals surface area contributed by atoms with Crippen molar-refractivity contribution in [2.45, 2.75) is 11.3 Å². The van der Waals surface area contributed by atoms with Gasteiger partial charge in [-0.2, -0.15) is 0 Å². The number of ether oxygens (including phenoxy) is 1. The van der Waals surface area contributed by atoms with Crippen LogP contribution >= 0.6 is 11.8 Å². The van der Waals surface area contributed by atoms with Gasteiger partial charge in [0.15, 0.2) is 5.78 Å². The zero-order chi connectivity index (χ0) is 17.2. The molecule has 2 aromatic rings. The average Bonchev–Trinajstić information content (AvgIpc) is 2.64. The highest BCUT2D eigenvalue weighted by Crippen LogP contribution is 2.20. The van der Waals surface area contributed by atoms with E-state index in [4.69, 9.17) is 4.74 Å². The highest BCUT2D eigenvalue weighted by atomic mass is 32.2. The van der Waals surface area contributed by atoms with Gasteiger partial charge in [0, 0.05) is 36.3 Å². The first-order valence-electron chi connectivity index (χ1n) is 7.79. The van der Waals surface area contributed by atoms with E-state index in [1.807, 2.05) is 48.5 Å². The highest BCUT2D eigenvalue weighted by Gasteiger charge is 2.09. The number of hydrogen-bond acceptors (Lipinski definition) is 4. The lowest BCUT2D eigenvalue weighted by molar-refractivity contribution is 0.0947. The highest BCUT2D eigenvalue weighted by molar-refractivity contribution is 8.00. The minimum atomic E-state index is -0.108. The maximum absolute atomic E-state index is 12.1. The van der Waals surface area contributed by atoms with Gasteiger partial charge in [-0.3, -0.25) is 9.59 Å². The van der Waals surface area contributed by atoms with Crippen LogP contribution in [0.2, 0.25) is 0 Å². The number of Topliss-reactive ketones (excluding diaryl/α,β-unsaturated/α-hetero) is 1. The summed E-state index contributed by atoms with van der Waals surface area (Å²) in [4.78, 5) is 25.1. The van der Waals surface area contributed by atoms with Crippen LogP contribution in [0.15, 0.2) is 59.5 Å². The molecule has 4 nitrogen and oxygen atoms in total. The van der Waals surface area contributed by atoms with Gasteiger partial charge >= 0.3 is 0 Å². The molecule has 0 aliphatic heterocycles. The smallest absolute Gasteiger partial charge is 0.251 e. The normalized spacial score (nSPS) is 10.4. The Hall–Kier alpha value is -2.11. The maximum atomic E-state index is 12.1. The Kier molecular flexibility index (Phi) is 7.52. The number of carbonyl (C=O) groups is 2. The summed E-state index contributed by atoms with van der Waals surface area (Å²) in [6, 6.07) is 16.5. The molecule has 0 unspecified atom stereocenters. The Morgan fingerprint density at radius 3 is 2.54 bits per heavy atom. The topological polar surface area (TPSA) is 55.4 Å². The van der Waals surface area contributed by atoms with Gasteiger partial charge in [0.1, 0.15) is 0 Å². The molecule has 0 saturated carbocycles. The van der Waals surface area contributed by atoms with Crippen molar-refractivity contribution in [2.75, 3.05) is 26.0 Å². The third kappa shape index (κ3) is 5.83. The Labute approximate surface area is 146 Å². The van der Waals surface area contributed by atoms with E-state index in [9.17, 15) is 9.59 Å². The van der Waals surface area contributed by atoms with Crippen LogP contribution < -0.4 is 5.32 Å². The molecule has 0 fully saturated rings. The summed E-state index contributed by atoms with van der Waals surface area (Å²) in [6.45, 7) is 1.20. The molecule has 2 rings (SSSR count). The summed E-state index contributed by atoms with van der Waals surface area (Å²) in [5.74, 6) is 0.320. The molecular weight excluding hydrogens is 322 g/mol. The Morgan fingerprint density at radius 1 is 1.04 bits per heavy atom. The van der Waals surface area contributed by atoms with E-state index >= 15 is 0 Å². The molecule has 2 aromatic carbocycles. The van der Waals surface area contributed by atoms with Crippen LogP contribution in [0.5, 0.6) is 0 Å². The molecule has 126 valence electrons. The van der Waals surface area contributed by atoms with Crippen LogP contribution in [-0.4, -0.2) is 37.7 Å². The van der Waals surface area contributed by atoms with Crippen LogP contribution in [0.4, 0.5) is 0 Å². The SMILES string of the molecule is COCCCNC(=O)c1cccc(SCC(=O)c2ccccc2)c1. The van der Waals surface area contributed by atoms with Crippen LogP contribution in [0, 0.1) is 0 Å². The predicted octanol–water partition coefficient (Wildman–Crippen LogP) is 3.43. The molecule has 24 heavy (non-hydrogen) atoms. The lowest BCUT2D eigenvalue weighted by Gasteiger charge is -2.07. The van der Waals surface area contributed by atoms with Crippen LogP contribution in [-0.2, 0) is 4.74 Å². The number of nitrogens with one attached hydrogen (secondary N) is 1. The van der Waals surface area contributed by atoms with E-state index in [2.05, 4.69) is 5.32 Å². The van der Waals surface area contributed by atoms with Crippen molar-refractivity contribution < 1.29 is 14.3 Å². The molecule has 1 amide bonds. The predicted molar refractivity (Wildman–Crippen MR) is 96.8 cm³/mol. The minimum Gasteiger partial charge on any atom is -0.385 e. The number of hydrogen-bond donors (Lipinski definition) is 1. The molecule has 0 heterocycles. The summed E-state index contributed by atoms with van der Waals surface area (Å²) in [7, 11) is 1.64. The monoisotopic (exact) mass is 343 g/mol. The van der Waals surface area contributed by atoms with Crippen molar-refractivity contribution in [3.8, 4) is 0 Å². The molecule has 0 spiro atoms. The Balaban J connectivity index is 1.88. The van der Waals surface area contributed by atoms with Gasteiger partial charge in [-0.25, -0.2) is 0 Å². The summed E-state index contributed by atoms with van der Waals surface area (Å²) in [6.07, 6.45) is 0.780. The fraction of sp³-hybridized carbons (Fsp3) is 0.263. The number of ketones is 1. The van der Waals surface area contributed by atoms with Gasteiger partial charge in [0.25, 0.3) is 5.91 Å². The Bertz CT molecular complexity index is 673. The van der Waals surface area contributed by atoms with Crippen LogP contribution in [0.3, 0.4) is 0 Å². The van der Waals surface area contributed by atoms with Crippen molar-refractivity contribution in [2.24, 2.45) is 0 Å². The fourth-order valence-corrected chi connectivity index (χ4v) is 2.95. The molecular formula is C19H21NO3S. The minimum absolute atomic E-state index is 0.0787. The van der Waals surface area contributed by atoms with E-state index < -0.39 is 0 Å². The summed E-state index contributed by atoms with van der Waals surface area (Å²) < 4.78 is 4.95. The maximum Gasteiger partial charge on any atom is 0.251 e. The quantitative estimate of drug-likeness (QED) is 0.431. The zero-order valence-electron chi connectivity index (χ0n) is 13.7. The van der Waals surface area contributed by atoms with E-state index in [1.54, 1.807) is 13.2 Å². The molecule has 0 bridgehead atoms. The van der Waals surface area contributed by atoms with Gasteiger partial charge in [-0.05, 0) is 24.6 Å². The van der Waals surface area contributed by atoms with E-state index in [0.717, 1.165) is 11.3 Å². The van der Waals surface area contributed by atoms with E-state index in [-0.39, 0.29) is 11.7 Å². The number of methoxy groups -OCH3 is 1. The standard InChI is InChI=1S/C19H21NO3S/c1-23-12-6-11-20-19(22)16-9-5-10-17(13-16)24-14-18(21)15-7-3-2-4-8-15/h2-5,7-10,13H,6,11-12,14H2,1H3,(H,20,22). The van der Waals surface area contributed by atoms with Gasteiger partial charge in [-0.1, -0.05) is 36.4 Å². The van der Waals surface area contributed by atoms with Crippen LogP contribution in [0.1, 0.15) is 27.1 Å². The third-order valence-electron chi connectivity index (χ3n) is 3.37. The van der Waals surface area contributed by atoms with Crippen molar-refractivity contribution in [1.82, 2.24) is 5.32 Å². The van der Waals surface area contributed by atoms with Crippen molar-refractivity contribution in [3.63, 3.8) is 0 Å². The van der Waals surface area contributed by atoms with Gasteiger partial charge in [0.2, 0.25) is 0 Å². The van der Waals surface area contributed by atoms with Gasteiger partial charge in [-0.15, -0.1) is 11.8 Å². The average molecular weight is 343 g/mol. The number of benzene rings is 2. The molecule has 0 atom stereocenters.